The molecular formula is C16H19ClN2O2. The van der Waals surface area contributed by atoms with Crippen molar-refractivity contribution in [3.8, 4) is 0 Å². The van der Waals surface area contributed by atoms with Gasteiger partial charge >= 0.3 is 0 Å². The highest BCUT2D eigenvalue weighted by atomic mass is 35.5. The van der Waals surface area contributed by atoms with Gasteiger partial charge in [-0.1, -0.05) is 18.0 Å². The molecular weight excluding hydrogens is 288 g/mol. The molecule has 0 spiro atoms. The Balaban J connectivity index is 1.45. The maximum Gasteiger partial charge on any atom is 0.269 e. The van der Waals surface area contributed by atoms with Crippen LogP contribution in [0.5, 0.6) is 0 Å². The fraction of sp³-hybridized carbons (Fsp3) is 0.500. The molecule has 1 aromatic rings. The summed E-state index contributed by atoms with van der Waals surface area (Å²) in [5, 5.41) is 0.576. The first-order valence-electron chi connectivity index (χ1n) is 7.46. The molecule has 2 aliphatic carbocycles. The molecule has 0 radical (unpaired) electrons. The fourth-order valence-corrected chi connectivity index (χ4v) is 3.84. The van der Waals surface area contributed by atoms with Crippen LogP contribution >= 0.6 is 11.6 Å². The number of carbonyl (C=O) groups is 2. The van der Waals surface area contributed by atoms with Gasteiger partial charge in [-0.25, -0.2) is 0 Å². The lowest BCUT2D eigenvalue weighted by atomic mass is 9.86. The molecule has 2 amide bonds. The molecule has 0 aliphatic heterocycles. The van der Waals surface area contributed by atoms with Crippen molar-refractivity contribution in [2.75, 3.05) is 0 Å². The van der Waals surface area contributed by atoms with Gasteiger partial charge in [0.25, 0.3) is 5.91 Å². The number of fused-ring (bicyclic) bond motifs is 2. The highest BCUT2D eigenvalue weighted by molar-refractivity contribution is 6.30. The second kappa shape index (κ2) is 6.06. The van der Waals surface area contributed by atoms with E-state index in [9.17, 15) is 9.59 Å². The average Bonchev–Trinajstić information content (AvgIpc) is 3.08. The Labute approximate surface area is 129 Å². The number of benzene rings is 1. The molecule has 3 unspecified atom stereocenters. The molecule has 1 aromatic carbocycles. The minimum Gasteiger partial charge on any atom is -0.273 e. The Morgan fingerprint density at radius 1 is 1.10 bits per heavy atom. The predicted molar refractivity (Wildman–Crippen MR) is 80.6 cm³/mol. The van der Waals surface area contributed by atoms with E-state index in [-0.39, 0.29) is 11.8 Å². The van der Waals surface area contributed by atoms with Crippen molar-refractivity contribution in [2.24, 2.45) is 17.8 Å². The van der Waals surface area contributed by atoms with Crippen molar-refractivity contribution in [1.29, 1.82) is 0 Å². The van der Waals surface area contributed by atoms with E-state index < -0.39 is 0 Å². The van der Waals surface area contributed by atoms with Crippen LogP contribution in [0, 0.1) is 17.8 Å². The van der Waals surface area contributed by atoms with Crippen molar-refractivity contribution >= 4 is 23.4 Å². The predicted octanol–water partition coefficient (Wildman–Crippen LogP) is 2.93. The monoisotopic (exact) mass is 306 g/mol. The molecule has 2 aliphatic rings. The summed E-state index contributed by atoms with van der Waals surface area (Å²) in [7, 11) is 0. The SMILES string of the molecule is O=C(CC1CC2CCC1C2)NNC(=O)c1ccc(Cl)cc1. The Morgan fingerprint density at radius 3 is 2.48 bits per heavy atom. The molecule has 5 heteroatoms. The van der Waals surface area contributed by atoms with Gasteiger partial charge in [-0.2, -0.15) is 0 Å². The van der Waals surface area contributed by atoms with E-state index in [1.54, 1.807) is 24.3 Å². The Kier molecular flexibility index (Phi) is 4.15. The van der Waals surface area contributed by atoms with E-state index in [2.05, 4.69) is 10.9 Å². The topological polar surface area (TPSA) is 58.2 Å². The third-order valence-corrected chi connectivity index (χ3v) is 5.01. The molecule has 21 heavy (non-hydrogen) atoms. The Hall–Kier alpha value is -1.55. The zero-order valence-corrected chi connectivity index (χ0v) is 12.5. The first kappa shape index (κ1) is 14.4. The molecule has 2 fully saturated rings. The minimum atomic E-state index is -0.326. The van der Waals surface area contributed by atoms with Gasteiger partial charge < -0.3 is 0 Å². The summed E-state index contributed by atoms with van der Waals surface area (Å²) >= 11 is 5.77. The van der Waals surface area contributed by atoms with Gasteiger partial charge in [0.05, 0.1) is 0 Å². The van der Waals surface area contributed by atoms with Gasteiger partial charge in [0, 0.05) is 17.0 Å². The van der Waals surface area contributed by atoms with Crippen LogP contribution in [0.2, 0.25) is 5.02 Å². The lowest BCUT2D eigenvalue weighted by Gasteiger charge is -2.20. The van der Waals surface area contributed by atoms with Crippen molar-refractivity contribution < 1.29 is 9.59 Å². The molecule has 0 aromatic heterocycles. The van der Waals surface area contributed by atoms with Crippen LogP contribution in [0.4, 0.5) is 0 Å². The molecule has 3 rings (SSSR count). The van der Waals surface area contributed by atoms with Gasteiger partial charge in [0.15, 0.2) is 0 Å². The van der Waals surface area contributed by atoms with Gasteiger partial charge in [0.2, 0.25) is 5.91 Å². The highest BCUT2D eigenvalue weighted by Crippen LogP contribution is 2.49. The second-order valence-electron chi connectivity index (χ2n) is 6.15. The van der Waals surface area contributed by atoms with Gasteiger partial charge in [-0.3, -0.25) is 20.4 Å². The molecule has 2 bridgehead atoms. The number of nitrogens with one attached hydrogen (secondary N) is 2. The van der Waals surface area contributed by atoms with Crippen LogP contribution in [0.15, 0.2) is 24.3 Å². The van der Waals surface area contributed by atoms with Gasteiger partial charge in [-0.05, 0) is 61.3 Å². The van der Waals surface area contributed by atoms with Crippen LogP contribution in [0.25, 0.3) is 0 Å². The standard InChI is InChI=1S/C16H19ClN2O2/c17-14-5-3-11(4-6-14)16(21)19-18-15(20)9-13-8-10-1-2-12(13)7-10/h3-6,10,12-13H,1-2,7-9H2,(H,18,20)(H,19,21). The Morgan fingerprint density at radius 2 is 1.86 bits per heavy atom. The number of carbonyl (C=O) groups excluding carboxylic acids is 2. The Bertz CT molecular complexity index is 544. The van der Waals surface area contributed by atoms with Crippen LogP contribution < -0.4 is 10.9 Å². The van der Waals surface area contributed by atoms with Gasteiger partial charge in [0.1, 0.15) is 0 Å². The summed E-state index contributed by atoms with van der Waals surface area (Å²) < 4.78 is 0. The summed E-state index contributed by atoms with van der Waals surface area (Å²) in [4.78, 5) is 23.8. The number of hydrogen-bond acceptors (Lipinski definition) is 2. The van der Waals surface area contributed by atoms with E-state index in [0.29, 0.717) is 28.8 Å². The summed E-state index contributed by atoms with van der Waals surface area (Å²) in [6, 6.07) is 6.54. The largest absolute Gasteiger partial charge is 0.273 e. The first-order valence-corrected chi connectivity index (χ1v) is 7.84. The third-order valence-electron chi connectivity index (χ3n) is 4.75. The number of rotatable bonds is 3. The zero-order valence-electron chi connectivity index (χ0n) is 11.8. The second-order valence-corrected chi connectivity index (χ2v) is 6.58. The maximum atomic E-state index is 11.9. The molecule has 2 saturated carbocycles. The molecule has 0 heterocycles. The molecule has 4 nitrogen and oxygen atoms in total. The van der Waals surface area contributed by atoms with Crippen LogP contribution in [0.1, 0.15) is 42.5 Å². The quantitative estimate of drug-likeness (QED) is 0.844. The van der Waals surface area contributed by atoms with E-state index in [1.165, 1.54) is 25.7 Å². The minimum absolute atomic E-state index is 0.102. The van der Waals surface area contributed by atoms with Crippen molar-refractivity contribution in [3.05, 3.63) is 34.9 Å². The van der Waals surface area contributed by atoms with Crippen molar-refractivity contribution in [2.45, 2.75) is 32.1 Å². The summed E-state index contributed by atoms with van der Waals surface area (Å²) in [6.45, 7) is 0. The lowest BCUT2D eigenvalue weighted by molar-refractivity contribution is -0.123. The number of amides is 2. The van der Waals surface area contributed by atoms with Crippen molar-refractivity contribution in [1.82, 2.24) is 10.9 Å². The normalized spacial score (nSPS) is 26.6. The van der Waals surface area contributed by atoms with E-state index in [1.807, 2.05) is 0 Å². The number of hydrazine groups is 1. The zero-order chi connectivity index (χ0) is 14.8. The molecule has 112 valence electrons. The van der Waals surface area contributed by atoms with Crippen LogP contribution in [-0.4, -0.2) is 11.8 Å². The first-order chi connectivity index (χ1) is 10.1. The fourth-order valence-electron chi connectivity index (χ4n) is 3.72. The lowest BCUT2D eigenvalue weighted by Crippen LogP contribution is -2.42. The van der Waals surface area contributed by atoms with Gasteiger partial charge in [-0.15, -0.1) is 0 Å². The van der Waals surface area contributed by atoms with Crippen LogP contribution in [0.3, 0.4) is 0 Å². The van der Waals surface area contributed by atoms with Crippen molar-refractivity contribution in [3.63, 3.8) is 0 Å². The number of hydrogen-bond donors (Lipinski definition) is 2. The molecule has 3 atom stereocenters. The van der Waals surface area contributed by atoms with E-state index in [4.69, 9.17) is 11.6 Å². The van der Waals surface area contributed by atoms with E-state index >= 15 is 0 Å². The van der Waals surface area contributed by atoms with Crippen LogP contribution in [-0.2, 0) is 4.79 Å². The summed E-state index contributed by atoms with van der Waals surface area (Å²) in [6.07, 6.45) is 5.57. The smallest absolute Gasteiger partial charge is 0.269 e. The molecule has 0 saturated heterocycles. The third kappa shape index (κ3) is 3.38. The van der Waals surface area contributed by atoms with E-state index in [0.717, 1.165) is 5.92 Å². The molecule has 2 N–H and O–H groups in total. The summed E-state index contributed by atoms with van der Waals surface area (Å²) in [5.41, 5.74) is 5.44. The maximum absolute atomic E-state index is 11.9. The average molecular weight is 307 g/mol. The number of halogens is 1. The highest BCUT2D eigenvalue weighted by Gasteiger charge is 2.40. The summed E-state index contributed by atoms with van der Waals surface area (Å²) in [5.74, 6) is 1.61.